The van der Waals surface area contributed by atoms with E-state index >= 15 is 0 Å². The van der Waals surface area contributed by atoms with Crippen LogP contribution in [-0.4, -0.2) is 12.3 Å². The van der Waals surface area contributed by atoms with Crippen molar-refractivity contribution < 1.29 is 0 Å². The van der Waals surface area contributed by atoms with E-state index in [-0.39, 0.29) is 28.5 Å². The van der Waals surface area contributed by atoms with Crippen LogP contribution in [0.2, 0.25) is 0 Å². The van der Waals surface area contributed by atoms with Crippen LogP contribution < -0.4 is 31.1 Å². The fourth-order valence-corrected chi connectivity index (χ4v) is 15.2. The highest BCUT2D eigenvalue weighted by molar-refractivity contribution is 7.26. The first-order chi connectivity index (χ1) is 34.4. The highest BCUT2D eigenvalue weighted by Gasteiger charge is 2.58. The second-order valence-electron chi connectivity index (χ2n) is 24.3. The Labute approximate surface area is 432 Å². The van der Waals surface area contributed by atoms with Gasteiger partial charge in [0.05, 0.1) is 21.6 Å². The number of nitrogens with zero attached hydrogens (tertiary/aromatic N) is 3. The summed E-state index contributed by atoms with van der Waals surface area (Å²) in [6.45, 7) is 26.2. The van der Waals surface area contributed by atoms with Crippen molar-refractivity contribution >= 4 is 100 Å². The molecule has 0 N–H and O–H groups in total. The summed E-state index contributed by atoms with van der Waals surface area (Å²) in [5.74, 6) is 0. The van der Waals surface area contributed by atoms with Crippen LogP contribution in [0.15, 0.2) is 152 Å². The summed E-state index contributed by atoms with van der Waals surface area (Å²) in [6, 6.07) is 59.3. The molecule has 13 rings (SSSR count). The van der Waals surface area contributed by atoms with E-state index in [1.54, 1.807) is 5.56 Å². The van der Waals surface area contributed by atoms with Crippen molar-refractivity contribution in [2.75, 3.05) is 14.7 Å². The van der Waals surface area contributed by atoms with E-state index in [4.69, 9.17) is 0 Å². The number of hydrogen-bond acceptors (Lipinski definition) is 4. The van der Waals surface area contributed by atoms with Gasteiger partial charge in [-0.25, -0.2) is 0 Å². The second kappa shape index (κ2) is 15.7. The molecule has 3 nitrogen and oxygen atoms in total. The summed E-state index contributed by atoms with van der Waals surface area (Å²) < 4.78 is 2.64. The number of fused-ring (bicyclic) bond motifs is 10. The van der Waals surface area contributed by atoms with Crippen molar-refractivity contribution in [3.8, 4) is 11.1 Å². The molecule has 9 aromatic rings. The third kappa shape index (κ3) is 6.48. The van der Waals surface area contributed by atoms with Crippen LogP contribution >= 0.6 is 11.3 Å². The summed E-state index contributed by atoms with van der Waals surface area (Å²) >= 11 is 1.92. The highest BCUT2D eigenvalue weighted by Crippen LogP contribution is 2.62. The first kappa shape index (κ1) is 45.3. The van der Waals surface area contributed by atoms with E-state index in [0.29, 0.717) is 0 Å². The predicted molar refractivity (Wildman–Crippen MR) is 313 cm³/mol. The maximum absolute atomic E-state index is 2.80. The molecule has 1 aliphatic carbocycles. The molecule has 4 heterocycles. The number of aryl methyl sites for hydroxylation is 3. The zero-order valence-electron chi connectivity index (χ0n) is 44.1. The molecule has 0 radical (unpaired) electrons. The van der Waals surface area contributed by atoms with Crippen molar-refractivity contribution in [3.05, 3.63) is 185 Å². The van der Waals surface area contributed by atoms with Crippen LogP contribution in [0.25, 0.3) is 31.3 Å². The average Bonchev–Trinajstić information content (AvgIpc) is 3.83. The minimum Gasteiger partial charge on any atom is -0.334 e. The fraction of sp³-hybridized carbons (Fsp3) is 0.284. The molecule has 72 heavy (non-hydrogen) atoms. The van der Waals surface area contributed by atoms with Gasteiger partial charge in [-0.15, -0.1) is 11.3 Å². The van der Waals surface area contributed by atoms with E-state index in [1.165, 1.54) is 140 Å². The number of anilines is 8. The van der Waals surface area contributed by atoms with Crippen molar-refractivity contribution in [2.24, 2.45) is 0 Å². The predicted octanol–water partition coefficient (Wildman–Crippen LogP) is 17.1. The average molecular weight is 956 g/mol. The topological polar surface area (TPSA) is 9.72 Å². The van der Waals surface area contributed by atoms with Gasteiger partial charge in [-0.3, -0.25) is 0 Å². The molecule has 0 saturated heterocycles. The molecule has 1 aromatic heterocycles. The Morgan fingerprint density at radius 3 is 1.90 bits per heavy atom. The van der Waals surface area contributed by atoms with Gasteiger partial charge in [0.1, 0.15) is 0 Å². The standard InChI is InChI=1S/C67H66BN3S/c1-41-34-43(3)61-57(35-41)71(67(11)33-18-17-32-66(61,67)10)47-28-29-51-56(40-47)69(53-30-26-45(64(4,5)6)38-50(53)44-20-13-12-14-21-44)58-36-42(2)37-59-62(58)68(51)52-39-46(65(7,8)9)27-31-54(52)70(59)55-24-19-23-49-48-22-15-16-25-60(48)72-63(49)55/h12-16,19-31,34-40H,17-18,32-33H2,1-11H3. The highest BCUT2D eigenvalue weighted by atomic mass is 32.1. The third-order valence-corrected chi connectivity index (χ3v) is 18.9. The number of thiophene rings is 1. The molecular weight excluding hydrogens is 890 g/mol. The van der Waals surface area contributed by atoms with Crippen LogP contribution in [0.1, 0.15) is 114 Å². The van der Waals surface area contributed by atoms with Crippen LogP contribution in [0.4, 0.5) is 45.5 Å². The largest absolute Gasteiger partial charge is 0.334 e. The van der Waals surface area contributed by atoms with Crippen LogP contribution in [-0.2, 0) is 16.2 Å². The molecule has 2 atom stereocenters. The lowest BCUT2D eigenvalue weighted by atomic mass is 9.33. The van der Waals surface area contributed by atoms with Crippen LogP contribution in [0, 0.1) is 20.8 Å². The summed E-state index contributed by atoms with van der Waals surface area (Å²) in [7, 11) is 0. The molecule has 1 saturated carbocycles. The molecule has 8 aromatic carbocycles. The monoisotopic (exact) mass is 956 g/mol. The fourth-order valence-electron chi connectivity index (χ4n) is 14.0. The van der Waals surface area contributed by atoms with Gasteiger partial charge >= 0.3 is 0 Å². The Morgan fingerprint density at radius 1 is 0.514 bits per heavy atom. The van der Waals surface area contributed by atoms with Gasteiger partial charge in [-0.05, 0) is 167 Å². The van der Waals surface area contributed by atoms with Gasteiger partial charge in [-0.2, -0.15) is 0 Å². The van der Waals surface area contributed by atoms with E-state index in [1.807, 2.05) is 11.3 Å². The van der Waals surface area contributed by atoms with Crippen molar-refractivity contribution in [1.29, 1.82) is 0 Å². The third-order valence-electron chi connectivity index (χ3n) is 17.7. The Morgan fingerprint density at radius 2 is 1.15 bits per heavy atom. The molecule has 3 aliphatic heterocycles. The lowest BCUT2D eigenvalue weighted by Crippen LogP contribution is -2.61. The molecule has 1 fully saturated rings. The van der Waals surface area contributed by atoms with Gasteiger partial charge < -0.3 is 14.7 Å². The Balaban J connectivity index is 1.14. The first-order valence-corrected chi connectivity index (χ1v) is 27.3. The van der Waals surface area contributed by atoms with E-state index in [9.17, 15) is 0 Å². The van der Waals surface area contributed by atoms with Crippen molar-refractivity contribution in [3.63, 3.8) is 0 Å². The molecule has 358 valence electrons. The second-order valence-corrected chi connectivity index (χ2v) is 25.4. The van der Waals surface area contributed by atoms with Gasteiger partial charge in [0.15, 0.2) is 0 Å². The molecule has 2 unspecified atom stereocenters. The molecule has 0 bridgehead atoms. The van der Waals surface area contributed by atoms with E-state index < -0.39 is 0 Å². The molecular formula is C67H66BN3S. The van der Waals surface area contributed by atoms with Gasteiger partial charge in [-0.1, -0.05) is 152 Å². The van der Waals surface area contributed by atoms with E-state index in [0.717, 1.165) is 6.42 Å². The summed E-state index contributed by atoms with van der Waals surface area (Å²) in [4.78, 5) is 8.13. The zero-order valence-corrected chi connectivity index (χ0v) is 44.9. The quantitative estimate of drug-likeness (QED) is 0.163. The Kier molecular flexibility index (Phi) is 9.90. The van der Waals surface area contributed by atoms with E-state index in [2.05, 4.69) is 243 Å². The summed E-state index contributed by atoms with van der Waals surface area (Å²) in [6.07, 6.45) is 4.86. The molecule has 0 spiro atoms. The number of rotatable bonds is 4. The van der Waals surface area contributed by atoms with Gasteiger partial charge in [0.2, 0.25) is 0 Å². The Bertz CT molecular complexity index is 3720. The normalized spacial score (nSPS) is 19.1. The maximum Gasteiger partial charge on any atom is 0.252 e. The lowest BCUT2D eigenvalue weighted by molar-refractivity contribution is 0.194. The molecule has 4 aliphatic rings. The summed E-state index contributed by atoms with van der Waals surface area (Å²) in [5.41, 5.74) is 24.8. The molecule has 5 heteroatoms. The number of benzene rings is 8. The van der Waals surface area contributed by atoms with Gasteiger partial charge in [0, 0.05) is 60.6 Å². The minimum atomic E-state index is -0.0851. The molecule has 0 amide bonds. The maximum atomic E-state index is 2.80. The van der Waals surface area contributed by atoms with Crippen molar-refractivity contribution in [1.82, 2.24) is 0 Å². The SMILES string of the molecule is Cc1cc2c3c(c1)N(c1cccc4c1sc1ccccc14)c1ccc(C(C)(C)C)cc1B3c1ccc(N3c4cc(C)cc(C)c4C4(C)CCCCC34C)cc1N2c1ccc(C(C)(C)C)cc1-c1ccccc1. The van der Waals surface area contributed by atoms with Crippen LogP contribution in [0.3, 0.4) is 0 Å². The van der Waals surface area contributed by atoms with Crippen LogP contribution in [0.5, 0.6) is 0 Å². The first-order valence-electron chi connectivity index (χ1n) is 26.5. The zero-order chi connectivity index (χ0) is 49.8. The lowest BCUT2D eigenvalue weighted by Gasteiger charge is -2.51. The van der Waals surface area contributed by atoms with Gasteiger partial charge in [0.25, 0.3) is 6.71 Å². The Hall–Kier alpha value is -6.56. The van der Waals surface area contributed by atoms with Crippen molar-refractivity contribution in [2.45, 2.75) is 124 Å². The summed E-state index contributed by atoms with van der Waals surface area (Å²) in [5, 5.41) is 2.63. The smallest absolute Gasteiger partial charge is 0.252 e. The minimum absolute atomic E-state index is 0.00836. The number of hydrogen-bond donors (Lipinski definition) is 0.